The van der Waals surface area contributed by atoms with E-state index in [1.807, 2.05) is 0 Å². The normalized spacial score (nSPS) is 10.7. The van der Waals surface area contributed by atoms with Crippen molar-refractivity contribution in [1.82, 2.24) is 0 Å². The molecular formula is C14H8O5. The third-order valence-electron chi connectivity index (χ3n) is 2.80. The van der Waals surface area contributed by atoms with E-state index in [1.54, 1.807) is 24.3 Å². The molecule has 0 unspecified atom stereocenters. The molecule has 1 N–H and O–H groups in total. The first kappa shape index (κ1) is 11.3. The second-order valence-corrected chi connectivity index (χ2v) is 3.95. The Morgan fingerprint density at radius 2 is 1.95 bits per heavy atom. The van der Waals surface area contributed by atoms with Gasteiger partial charge in [-0.3, -0.25) is 4.79 Å². The van der Waals surface area contributed by atoms with Crippen LogP contribution in [-0.2, 0) is 0 Å². The van der Waals surface area contributed by atoms with Crippen molar-refractivity contribution in [2.24, 2.45) is 0 Å². The molecule has 0 aliphatic rings. The highest BCUT2D eigenvalue weighted by atomic mass is 16.4. The summed E-state index contributed by atoms with van der Waals surface area (Å²) in [6.07, 6.45) is 2.72. The topological polar surface area (TPSA) is 80.7 Å². The molecule has 19 heavy (non-hydrogen) atoms. The first-order chi connectivity index (χ1) is 9.18. The molecule has 5 heteroatoms. The summed E-state index contributed by atoms with van der Waals surface area (Å²) in [5.74, 6) is -1.32. The molecule has 0 atom stereocenters. The van der Waals surface area contributed by atoms with Gasteiger partial charge in [0, 0.05) is 0 Å². The number of carboxylic acid groups (broad SMARTS) is 1. The molecule has 0 bridgehead atoms. The second kappa shape index (κ2) is 4.13. The standard InChI is InChI=1S/C14H8O5/c15-12-9-3-1-2-4-10(9)19-13(11(12)14(16)17)8-5-6-18-7-8/h1-7H,(H,16,17). The van der Waals surface area contributed by atoms with E-state index in [1.165, 1.54) is 18.6 Å². The maximum atomic E-state index is 12.2. The first-order valence-electron chi connectivity index (χ1n) is 5.50. The average molecular weight is 256 g/mol. The Bertz CT molecular complexity index is 811. The first-order valence-corrected chi connectivity index (χ1v) is 5.50. The summed E-state index contributed by atoms with van der Waals surface area (Å²) in [4.78, 5) is 23.5. The van der Waals surface area contributed by atoms with Crippen molar-refractivity contribution in [1.29, 1.82) is 0 Å². The van der Waals surface area contributed by atoms with Crippen molar-refractivity contribution in [2.45, 2.75) is 0 Å². The van der Waals surface area contributed by atoms with Crippen LogP contribution in [0.5, 0.6) is 0 Å². The van der Waals surface area contributed by atoms with Gasteiger partial charge in [0.05, 0.1) is 17.2 Å². The van der Waals surface area contributed by atoms with Gasteiger partial charge in [-0.1, -0.05) is 12.1 Å². The lowest BCUT2D eigenvalue weighted by Crippen LogP contribution is -2.16. The molecule has 3 rings (SSSR count). The molecular weight excluding hydrogens is 248 g/mol. The van der Waals surface area contributed by atoms with E-state index in [0.29, 0.717) is 11.1 Å². The van der Waals surface area contributed by atoms with Gasteiger partial charge in [0.2, 0.25) is 5.43 Å². The van der Waals surface area contributed by atoms with Gasteiger partial charge in [-0.15, -0.1) is 0 Å². The highest BCUT2D eigenvalue weighted by molar-refractivity contribution is 5.97. The van der Waals surface area contributed by atoms with Crippen LogP contribution in [0.2, 0.25) is 0 Å². The summed E-state index contributed by atoms with van der Waals surface area (Å²) in [6, 6.07) is 8.06. The molecule has 0 saturated heterocycles. The number of benzene rings is 1. The van der Waals surface area contributed by atoms with Gasteiger partial charge in [-0.2, -0.15) is 0 Å². The smallest absolute Gasteiger partial charge is 0.343 e. The molecule has 0 aliphatic heterocycles. The molecule has 5 nitrogen and oxygen atoms in total. The van der Waals surface area contributed by atoms with Gasteiger partial charge in [-0.05, 0) is 18.2 Å². The minimum Gasteiger partial charge on any atom is -0.477 e. The molecule has 3 aromatic rings. The zero-order valence-electron chi connectivity index (χ0n) is 9.62. The fraction of sp³-hybridized carbons (Fsp3) is 0. The second-order valence-electron chi connectivity index (χ2n) is 3.95. The number of hydrogen-bond donors (Lipinski definition) is 1. The number of para-hydroxylation sites is 1. The van der Waals surface area contributed by atoms with Crippen LogP contribution in [0.4, 0.5) is 0 Å². The minimum atomic E-state index is -1.32. The van der Waals surface area contributed by atoms with Crippen LogP contribution >= 0.6 is 0 Å². The zero-order chi connectivity index (χ0) is 13.4. The van der Waals surface area contributed by atoms with Crippen LogP contribution in [0.15, 0.2) is 56.5 Å². The largest absolute Gasteiger partial charge is 0.477 e. The zero-order valence-corrected chi connectivity index (χ0v) is 9.62. The fourth-order valence-electron chi connectivity index (χ4n) is 1.93. The highest BCUT2D eigenvalue weighted by Crippen LogP contribution is 2.26. The Hall–Kier alpha value is -2.82. The van der Waals surface area contributed by atoms with Crippen molar-refractivity contribution in [2.75, 3.05) is 0 Å². The summed E-state index contributed by atoms with van der Waals surface area (Å²) in [6.45, 7) is 0. The van der Waals surface area contributed by atoms with Gasteiger partial charge >= 0.3 is 5.97 Å². The van der Waals surface area contributed by atoms with Crippen LogP contribution in [-0.4, -0.2) is 11.1 Å². The van der Waals surface area contributed by atoms with Gasteiger partial charge in [-0.25, -0.2) is 4.79 Å². The van der Waals surface area contributed by atoms with Gasteiger partial charge in [0.25, 0.3) is 0 Å². The Morgan fingerprint density at radius 3 is 2.63 bits per heavy atom. The summed E-state index contributed by atoms with van der Waals surface area (Å²) < 4.78 is 10.4. The maximum Gasteiger partial charge on any atom is 0.343 e. The predicted molar refractivity (Wildman–Crippen MR) is 67.1 cm³/mol. The maximum absolute atomic E-state index is 12.2. The number of carbonyl (C=O) groups is 1. The van der Waals surface area contributed by atoms with Gasteiger partial charge in [0.1, 0.15) is 11.8 Å². The number of hydrogen-bond acceptors (Lipinski definition) is 4. The number of furan rings is 1. The number of carboxylic acids is 1. The summed E-state index contributed by atoms with van der Waals surface area (Å²) in [5, 5.41) is 9.46. The molecule has 0 radical (unpaired) electrons. The van der Waals surface area contributed by atoms with E-state index in [4.69, 9.17) is 8.83 Å². The Labute approximate surface area is 106 Å². The van der Waals surface area contributed by atoms with E-state index < -0.39 is 11.4 Å². The molecule has 0 aliphatic carbocycles. The van der Waals surface area contributed by atoms with Crippen molar-refractivity contribution >= 4 is 16.9 Å². The van der Waals surface area contributed by atoms with Gasteiger partial charge in [0.15, 0.2) is 11.3 Å². The lowest BCUT2D eigenvalue weighted by Gasteiger charge is -2.04. The molecule has 94 valence electrons. The number of aromatic carboxylic acids is 1. The van der Waals surface area contributed by atoms with Crippen LogP contribution < -0.4 is 5.43 Å². The fourth-order valence-corrected chi connectivity index (χ4v) is 1.93. The molecule has 2 aromatic heterocycles. The van der Waals surface area contributed by atoms with Crippen molar-refractivity contribution in [3.8, 4) is 11.3 Å². The lowest BCUT2D eigenvalue weighted by molar-refractivity contribution is 0.0694. The average Bonchev–Trinajstić information content (AvgIpc) is 2.92. The minimum absolute atomic E-state index is 0.00458. The van der Waals surface area contributed by atoms with E-state index >= 15 is 0 Å². The number of fused-ring (bicyclic) bond motifs is 1. The van der Waals surface area contributed by atoms with Crippen LogP contribution in [0.1, 0.15) is 10.4 Å². The monoisotopic (exact) mass is 256 g/mol. The van der Waals surface area contributed by atoms with Crippen LogP contribution in [0.25, 0.3) is 22.3 Å². The molecule has 2 heterocycles. The Morgan fingerprint density at radius 1 is 1.16 bits per heavy atom. The molecule has 0 saturated carbocycles. The van der Waals surface area contributed by atoms with Crippen LogP contribution in [0, 0.1) is 0 Å². The molecule has 1 aromatic carbocycles. The van der Waals surface area contributed by atoms with E-state index in [0.717, 1.165) is 0 Å². The van der Waals surface area contributed by atoms with Crippen LogP contribution in [0.3, 0.4) is 0 Å². The van der Waals surface area contributed by atoms with E-state index in [9.17, 15) is 14.7 Å². The molecule has 0 fully saturated rings. The van der Waals surface area contributed by atoms with Gasteiger partial charge < -0.3 is 13.9 Å². The highest BCUT2D eigenvalue weighted by Gasteiger charge is 2.21. The van der Waals surface area contributed by atoms with E-state index in [2.05, 4.69) is 0 Å². The Balaban J connectivity index is 2.47. The summed E-state index contributed by atoms with van der Waals surface area (Å²) in [7, 11) is 0. The third-order valence-corrected chi connectivity index (χ3v) is 2.80. The number of rotatable bonds is 2. The predicted octanol–water partition coefficient (Wildman–Crippen LogP) is 2.75. The van der Waals surface area contributed by atoms with Crippen molar-refractivity contribution in [3.05, 3.63) is 58.6 Å². The molecule has 0 amide bonds. The quantitative estimate of drug-likeness (QED) is 0.762. The van der Waals surface area contributed by atoms with Crippen molar-refractivity contribution < 1.29 is 18.7 Å². The summed E-state index contributed by atoms with van der Waals surface area (Å²) in [5.41, 5.74) is -0.195. The summed E-state index contributed by atoms with van der Waals surface area (Å²) >= 11 is 0. The molecule has 0 spiro atoms. The lowest BCUT2D eigenvalue weighted by atomic mass is 10.1. The third kappa shape index (κ3) is 1.72. The SMILES string of the molecule is O=C(O)c1c(-c2ccoc2)oc2ccccc2c1=O. The van der Waals surface area contributed by atoms with Crippen molar-refractivity contribution in [3.63, 3.8) is 0 Å². The van der Waals surface area contributed by atoms with E-state index in [-0.39, 0.29) is 16.7 Å². The Kier molecular flexibility index (Phi) is 2.45.